The van der Waals surface area contributed by atoms with Gasteiger partial charge in [0.05, 0.1) is 6.54 Å². The standard InChI is InChI=1S/C14H25N5O.HI/c1-5-7-16-14(15-2)19-11-9-18(10-12-19)8-6-13(20)17(3)4;/h1H,6-12H2,2-4H3,(H,15,16);1H. The molecule has 1 rings (SSSR count). The SMILES string of the molecule is C#CCNC(=NC)N1CCN(CCC(=O)N(C)C)CC1.I. The molecule has 1 aliphatic rings. The molecule has 1 heterocycles. The van der Waals surface area contributed by atoms with Crippen molar-refractivity contribution in [2.45, 2.75) is 6.42 Å². The molecule has 0 spiro atoms. The average molecular weight is 407 g/mol. The van der Waals surface area contributed by atoms with Gasteiger partial charge in [0.2, 0.25) is 5.91 Å². The number of hydrogen-bond acceptors (Lipinski definition) is 3. The lowest BCUT2D eigenvalue weighted by atomic mass is 10.3. The van der Waals surface area contributed by atoms with Gasteiger partial charge in [-0.3, -0.25) is 14.7 Å². The van der Waals surface area contributed by atoms with E-state index >= 15 is 0 Å². The fraction of sp³-hybridized carbons (Fsp3) is 0.714. The molecule has 0 atom stereocenters. The van der Waals surface area contributed by atoms with Gasteiger partial charge in [0.15, 0.2) is 5.96 Å². The normalized spacial score (nSPS) is 15.9. The van der Waals surface area contributed by atoms with Crippen molar-refractivity contribution in [3.05, 3.63) is 0 Å². The second-order valence-electron chi connectivity index (χ2n) is 4.97. The van der Waals surface area contributed by atoms with Crippen molar-refractivity contribution in [3.8, 4) is 12.3 Å². The number of aliphatic imine (C=N–C) groups is 1. The number of hydrogen-bond donors (Lipinski definition) is 1. The molecule has 0 aromatic rings. The van der Waals surface area contributed by atoms with Crippen LogP contribution < -0.4 is 5.32 Å². The van der Waals surface area contributed by atoms with Gasteiger partial charge in [-0.15, -0.1) is 30.4 Å². The van der Waals surface area contributed by atoms with E-state index < -0.39 is 0 Å². The highest BCUT2D eigenvalue weighted by Gasteiger charge is 2.19. The predicted octanol–water partition coefficient (Wildman–Crippen LogP) is -0.0911. The Kier molecular flexibility index (Phi) is 10.2. The first-order chi connectivity index (χ1) is 9.58. The fourth-order valence-corrected chi connectivity index (χ4v) is 2.12. The monoisotopic (exact) mass is 407 g/mol. The lowest BCUT2D eigenvalue weighted by Crippen LogP contribution is -2.52. The first-order valence-electron chi connectivity index (χ1n) is 6.90. The number of nitrogens with zero attached hydrogens (tertiary/aromatic N) is 4. The average Bonchev–Trinajstić information content (AvgIpc) is 2.46. The number of amides is 1. The van der Waals surface area contributed by atoms with E-state index in [0.29, 0.717) is 13.0 Å². The summed E-state index contributed by atoms with van der Waals surface area (Å²) >= 11 is 0. The van der Waals surface area contributed by atoms with Crippen LogP contribution in [0.1, 0.15) is 6.42 Å². The first-order valence-corrected chi connectivity index (χ1v) is 6.90. The van der Waals surface area contributed by atoms with Crippen LogP contribution in [-0.2, 0) is 4.79 Å². The van der Waals surface area contributed by atoms with Gasteiger partial charge < -0.3 is 15.1 Å². The van der Waals surface area contributed by atoms with E-state index in [1.165, 1.54) is 0 Å². The van der Waals surface area contributed by atoms with E-state index in [2.05, 4.69) is 26.0 Å². The number of guanidine groups is 1. The summed E-state index contributed by atoms with van der Waals surface area (Å²) < 4.78 is 0. The van der Waals surface area contributed by atoms with E-state index in [1.807, 2.05) is 0 Å². The van der Waals surface area contributed by atoms with Crippen LogP contribution in [0.4, 0.5) is 0 Å². The maximum atomic E-state index is 11.6. The van der Waals surface area contributed by atoms with Crippen molar-refractivity contribution in [1.29, 1.82) is 0 Å². The summed E-state index contributed by atoms with van der Waals surface area (Å²) in [4.78, 5) is 21.9. The topological polar surface area (TPSA) is 51.2 Å². The van der Waals surface area contributed by atoms with Crippen LogP contribution in [0.15, 0.2) is 4.99 Å². The summed E-state index contributed by atoms with van der Waals surface area (Å²) in [5, 5.41) is 3.13. The predicted molar refractivity (Wildman–Crippen MR) is 96.9 cm³/mol. The lowest BCUT2D eigenvalue weighted by Gasteiger charge is -2.36. The smallest absolute Gasteiger partial charge is 0.223 e. The number of piperazine rings is 1. The molecule has 1 saturated heterocycles. The molecule has 21 heavy (non-hydrogen) atoms. The van der Waals surface area contributed by atoms with Gasteiger partial charge in [-0.1, -0.05) is 5.92 Å². The molecule has 0 saturated carbocycles. The molecule has 7 heteroatoms. The molecule has 1 aliphatic heterocycles. The molecule has 0 aliphatic carbocycles. The molecular weight excluding hydrogens is 381 g/mol. The van der Waals surface area contributed by atoms with E-state index in [4.69, 9.17) is 6.42 Å². The molecule has 0 aromatic carbocycles. The van der Waals surface area contributed by atoms with Crippen LogP contribution in [0.5, 0.6) is 0 Å². The van der Waals surface area contributed by atoms with Crippen LogP contribution in [0, 0.1) is 12.3 Å². The summed E-state index contributed by atoms with van der Waals surface area (Å²) in [7, 11) is 5.35. The van der Waals surface area contributed by atoms with E-state index in [9.17, 15) is 4.79 Å². The number of carbonyl (C=O) groups is 1. The molecule has 6 nitrogen and oxygen atoms in total. The third-order valence-corrected chi connectivity index (χ3v) is 3.37. The van der Waals surface area contributed by atoms with Crippen molar-refractivity contribution in [2.75, 3.05) is 60.4 Å². The molecule has 0 aromatic heterocycles. The minimum Gasteiger partial charge on any atom is -0.349 e. The van der Waals surface area contributed by atoms with Crippen molar-refractivity contribution in [3.63, 3.8) is 0 Å². The summed E-state index contributed by atoms with van der Waals surface area (Å²) in [6.07, 6.45) is 5.83. The molecule has 1 fully saturated rings. The molecule has 1 amide bonds. The first kappa shape index (κ1) is 20.0. The molecule has 0 bridgehead atoms. The molecule has 120 valence electrons. The van der Waals surface area contributed by atoms with E-state index in [-0.39, 0.29) is 29.9 Å². The number of nitrogens with one attached hydrogen (secondary N) is 1. The van der Waals surface area contributed by atoms with Crippen molar-refractivity contribution < 1.29 is 4.79 Å². The van der Waals surface area contributed by atoms with Crippen LogP contribution in [0.2, 0.25) is 0 Å². The van der Waals surface area contributed by atoms with Gasteiger partial charge in [0, 0.05) is 60.3 Å². The highest BCUT2D eigenvalue weighted by molar-refractivity contribution is 14.0. The Hall–Kier alpha value is -1.01. The van der Waals surface area contributed by atoms with Crippen molar-refractivity contribution in [2.24, 2.45) is 4.99 Å². The number of carbonyl (C=O) groups excluding carboxylic acids is 1. The summed E-state index contributed by atoms with van der Waals surface area (Å²) in [6.45, 7) is 5.00. The van der Waals surface area contributed by atoms with Gasteiger partial charge in [-0.2, -0.15) is 0 Å². The van der Waals surface area contributed by atoms with Gasteiger partial charge in [0.25, 0.3) is 0 Å². The minimum absolute atomic E-state index is 0. The summed E-state index contributed by atoms with van der Waals surface area (Å²) in [6, 6.07) is 0. The van der Waals surface area contributed by atoms with Crippen LogP contribution >= 0.6 is 24.0 Å². The lowest BCUT2D eigenvalue weighted by molar-refractivity contribution is -0.129. The third-order valence-electron chi connectivity index (χ3n) is 3.37. The van der Waals surface area contributed by atoms with Crippen molar-refractivity contribution >= 4 is 35.8 Å². The highest BCUT2D eigenvalue weighted by atomic mass is 127. The van der Waals surface area contributed by atoms with E-state index in [0.717, 1.165) is 38.7 Å². The number of halogens is 1. The maximum absolute atomic E-state index is 11.6. The Morgan fingerprint density at radius 1 is 1.33 bits per heavy atom. The zero-order valence-corrected chi connectivity index (χ0v) is 15.5. The third kappa shape index (κ3) is 7.00. The maximum Gasteiger partial charge on any atom is 0.223 e. The van der Waals surface area contributed by atoms with Gasteiger partial charge in [-0.05, 0) is 0 Å². The fourth-order valence-electron chi connectivity index (χ4n) is 2.12. The Morgan fingerprint density at radius 2 is 1.95 bits per heavy atom. The quantitative estimate of drug-likeness (QED) is 0.306. The second-order valence-corrected chi connectivity index (χ2v) is 4.97. The highest BCUT2D eigenvalue weighted by Crippen LogP contribution is 2.03. The Labute approximate surface area is 145 Å². The Morgan fingerprint density at radius 3 is 2.43 bits per heavy atom. The molecular formula is C14H26IN5O. The van der Waals surface area contributed by atoms with E-state index in [1.54, 1.807) is 26.0 Å². The summed E-state index contributed by atoms with van der Waals surface area (Å²) in [5.41, 5.74) is 0. The largest absolute Gasteiger partial charge is 0.349 e. The minimum atomic E-state index is 0. The van der Waals surface area contributed by atoms with Gasteiger partial charge in [-0.25, -0.2) is 0 Å². The Balaban J connectivity index is 0.00000400. The van der Waals surface area contributed by atoms with Gasteiger partial charge >= 0.3 is 0 Å². The molecule has 1 N–H and O–H groups in total. The van der Waals surface area contributed by atoms with Crippen LogP contribution in [0.25, 0.3) is 0 Å². The molecule has 0 radical (unpaired) electrons. The van der Waals surface area contributed by atoms with Gasteiger partial charge in [0.1, 0.15) is 0 Å². The molecule has 0 unspecified atom stereocenters. The van der Waals surface area contributed by atoms with Crippen molar-refractivity contribution in [1.82, 2.24) is 20.0 Å². The summed E-state index contributed by atoms with van der Waals surface area (Å²) in [5.74, 6) is 3.59. The van der Waals surface area contributed by atoms with Crippen LogP contribution in [0.3, 0.4) is 0 Å². The Bertz CT molecular complexity index is 383. The second kappa shape index (κ2) is 10.7. The number of terminal acetylenes is 1. The zero-order valence-electron chi connectivity index (χ0n) is 13.1. The van der Waals surface area contributed by atoms with Crippen LogP contribution in [-0.4, -0.2) is 87.0 Å². The number of rotatable bonds is 4. The zero-order chi connectivity index (χ0) is 15.0.